The monoisotopic (exact) mass is 470 g/mol. The Bertz CT molecular complexity index is 965. The number of carbonyl (C=O) groups is 2. The summed E-state index contributed by atoms with van der Waals surface area (Å²) < 4.78 is 0. The van der Waals surface area contributed by atoms with Crippen molar-refractivity contribution in [3.63, 3.8) is 0 Å². The molecule has 9 atom stereocenters. The predicted molar refractivity (Wildman–Crippen MR) is 133 cm³/mol. The number of allylic oxidation sites excluding steroid dienone is 2. The lowest BCUT2D eigenvalue weighted by Crippen LogP contribution is -2.65. The van der Waals surface area contributed by atoms with E-state index in [9.17, 15) is 19.8 Å². The second-order valence-corrected chi connectivity index (χ2v) is 14.8. The SMILES string of the molecule is CC1(C)C(=O)CC[C@@]2(C)[C@@H]1CC[C@]1(C)[C@@H]2CC=C2[C@H]3C[C@@](C)(C(=O)O)C[C@@H](O)[C@]3(C)CC[C@]21C. The molecule has 4 fully saturated rings. The zero-order valence-electron chi connectivity index (χ0n) is 22.5. The predicted octanol–water partition coefficient (Wildman–Crippen LogP) is 6.41. The Hall–Kier alpha value is -1.16. The number of carboxylic acid groups (broad SMARTS) is 1. The van der Waals surface area contributed by atoms with Gasteiger partial charge in [-0.05, 0) is 92.3 Å². The third kappa shape index (κ3) is 2.75. The van der Waals surface area contributed by atoms with Gasteiger partial charge in [0.05, 0.1) is 11.5 Å². The number of fused-ring (bicyclic) bond motifs is 7. The Labute approximate surface area is 206 Å². The molecule has 5 rings (SSSR count). The lowest BCUT2D eigenvalue weighted by atomic mass is 9.33. The van der Waals surface area contributed by atoms with Gasteiger partial charge in [0.2, 0.25) is 0 Å². The maximum atomic E-state index is 12.9. The standard InChI is InChI=1S/C30H46O4/c1-25(2)20-10-13-30(7)21(28(20,5)12-11-22(25)31)9-8-18-19-16-26(3,24(33)34)17-23(32)27(19,4)14-15-29(18,30)6/h8,19-21,23,32H,9-17H2,1-7H3,(H,33,34)/t19-,20-,21-,23-,26-,27-,28+,29-,30-/m1/s1. The summed E-state index contributed by atoms with van der Waals surface area (Å²) in [6, 6.07) is 0. The number of rotatable bonds is 1. The number of hydrogen-bond acceptors (Lipinski definition) is 3. The van der Waals surface area contributed by atoms with Crippen LogP contribution in [0.2, 0.25) is 0 Å². The van der Waals surface area contributed by atoms with Crippen LogP contribution in [0.15, 0.2) is 11.6 Å². The number of hydrogen-bond donors (Lipinski definition) is 2. The van der Waals surface area contributed by atoms with Crippen molar-refractivity contribution in [2.24, 2.45) is 50.2 Å². The minimum atomic E-state index is -0.877. The van der Waals surface area contributed by atoms with Gasteiger partial charge >= 0.3 is 5.97 Å². The van der Waals surface area contributed by atoms with Crippen molar-refractivity contribution >= 4 is 11.8 Å². The van der Waals surface area contributed by atoms with Crippen molar-refractivity contribution in [2.75, 3.05) is 0 Å². The first-order valence-electron chi connectivity index (χ1n) is 13.7. The fraction of sp³-hybridized carbons (Fsp3) is 0.867. The van der Waals surface area contributed by atoms with Crippen molar-refractivity contribution in [2.45, 2.75) is 112 Å². The Kier molecular flexibility index (Phi) is 5.04. The summed E-state index contributed by atoms with van der Waals surface area (Å²) >= 11 is 0. The van der Waals surface area contributed by atoms with Gasteiger partial charge in [-0.3, -0.25) is 9.59 Å². The molecule has 4 nitrogen and oxygen atoms in total. The van der Waals surface area contributed by atoms with Crippen LogP contribution < -0.4 is 0 Å². The maximum Gasteiger partial charge on any atom is 0.309 e. The molecule has 0 spiro atoms. The van der Waals surface area contributed by atoms with Crippen molar-refractivity contribution in [1.29, 1.82) is 0 Å². The number of Topliss-reactive ketones (excluding diaryl/α,β-unsaturated/α-hetero) is 1. The highest BCUT2D eigenvalue weighted by Crippen LogP contribution is 2.75. The van der Waals surface area contributed by atoms with E-state index in [4.69, 9.17) is 0 Å². The Balaban J connectivity index is 1.59. The molecule has 0 aromatic carbocycles. The average Bonchev–Trinajstić information content (AvgIpc) is 2.73. The quantitative estimate of drug-likeness (QED) is 0.434. The van der Waals surface area contributed by atoms with E-state index >= 15 is 0 Å². The van der Waals surface area contributed by atoms with Crippen molar-refractivity contribution < 1.29 is 19.8 Å². The Morgan fingerprint density at radius 3 is 2.24 bits per heavy atom. The first-order chi connectivity index (χ1) is 15.6. The third-order valence-corrected chi connectivity index (χ3v) is 13.2. The van der Waals surface area contributed by atoms with Gasteiger partial charge in [-0.1, -0.05) is 53.2 Å². The van der Waals surface area contributed by atoms with E-state index in [0.717, 1.165) is 38.5 Å². The fourth-order valence-electron chi connectivity index (χ4n) is 10.5. The van der Waals surface area contributed by atoms with E-state index in [1.807, 2.05) is 6.92 Å². The van der Waals surface area contributed by atoms with E-state index < -0.39 is 17.5 Å². The highest BCUT2D eigenvalue weighted by atomic mass is 16.4. The summed E-state index contributed by atoms with van der Waals surface area (Å²) in [5.41, 5.74) is 0.360. The van der Waals surface area contributed by atoms with Crippen molar-refractivity contribution in [1.82, 2.24) is 0 Å². The van der Waals surface area contributed by atoms with Crippen LogP contribution in [-0.2, 0) is 9.59 Å². The highest BCUT2D eigenvalue weighted by Gasteiger charge is 2.69. The van der Waals surface area contributed by atoms with Crippen LogP contribution in [0.5, 0.6) is 0 Å². The molecule has 0 aliphatic heterocycles. The molecule has 4 heteroatoms. The molecule has 0 radical (unpaired) electrons. The molecule has 5 aliphatic rings. The summed E-state index contributed by atoms with van der Waals surface area (Å²) in [5.74, 6) is 0.740. The first-order valence-corrected chi connectivity index (χ1v) is 13.7. The smallest absolute Gasteiger partial charge is 0.309 e. The minimum Gasteiger partial charge on any atom is -0.481 e. The van der Waals surface area contributed by atoms with Gasteiger partial charge in [-0.25, -0.2) is 0 Å². The molecular formula is C30H46O4. The number of carboxylic acids is 1. The number of aliphatic carboxylic acids is 1. The molecule has 0 aromatic heterocycles. The van der Waals surface area contributed by atoms with Gasteiger partial charge < -0.3 is 10.2 Å². The molecule has 5 aliphatic carbocycles. The van der Waals surface area contributed by atoms with E-state index in [1.54, 1.807) is 0 Å². The zero-order chi connectivity index (χ0) is 25.1. The van der Waals surface area contributed by atoms with Crippen LogP contribution in [0, 0.1) is 50.2 Å². The van der Waals surface area contributed by atoms with Gasteiger partial charge in [0.15, 0.2) is 0 Å². The van der Waals surface area contributed by atoms with Gasteiger partial charge in [0, 0.05) is 17.3 Å². The normalized spacial score (nSPS) is 54.1. The summed E-state index contributed by atoms with van der Waals surface area (Å²) in [6.45, 7) is 15.9. The van der Waals surface area contributed by atoms with Gasteiger partial charge in [-0.2, -0.15) is 0 Å². The van der Waals surface area contributed by atoms with Crippen LogP contribution in [0.25, 0.3) is 0 Å². The lowest BCUT2D eigenvalue weighted by molar-refractivity contribution is -0.193. The van der Waals surface area contributed by atoms with Crippen LogP contribution in [0.4, 0.5) is 0 Å². The number of carbonyl (C=O) groups excluding carboxylic acids is 1. The second kappa shape index (κ2) is 6.99. The summed E-state index contributed by atoms with van der Waals surface area (Å²) in [4.78, 5) is 25.2. The molecule has 0 unspecified atom stereocenters. The molecule has 2 N–H and O–H groups in total. The minimum absolute atomic E-state index is 0.0101. The Morgan fingerprint density at radius 2 is 1.59 bits per heavy atom. The molecule has 0 aromatic rings. The molecule has 0 amide bonds. The van der Waals surface area contributed by atoms with Crippen molar-refractivity contribution in [3.05, 3.63) is 11.6 Å². The van der Waals surface area contributed by atoms with Crippen molar-refractivity contribution in [3.8, 4) is 0 Å². The van der Waals surface area contributed by atoms with E-state index in [1.165, 1.54) is 5.57 Å². The Morgan fingerprint density at radius 1 is 0.912 bits per heavy atom. The number of aliphatic hydroxyl groups excluding tert-OH is 1. The van der Waals surface area contributed by atoms with E-state index in [-0.39, 0.29) is 33.0 Å². The molecule has 0 heterocycles. The first kappa shape index (κ1) is 24.5. The molecule has 190 valence electrons. The molecule has 34 heavy (non-hydrogen) atoms. The van der Waals surface area contributed by atoms with Crippen LogP contribution in [0.3, 0.4) is 0 Å². The van der Waals surface area contributed by atoms with Gasteiger partial charge in [0.25, 0.3) is 0 Å². The lowest BCUT2D eigenvalue weighted by Gasteiger charge is -2.71. The van der Waals surface area contributed by atoms with Crippen LogP contribution in [-0.4, -0.2) is 28.1 Å². The second-order valence-electron chi connectivity index (χ2n) is 14.8. The summed E-state index contributed by atoms with van der Waals surface area (Å²) in [6.07, 6.45) is 9.84. The summed E-state index contributed by atoms with van der Waals surface area (Å²) in [5, 5.41) is 21.3. The highest BCUT2D eigenvalue weighted by molar-refractivity contribution is 5.85. The number of aliphatic hydroxyl groups is 1. The van der Waals surface area contributed by atoms with Crippen LogP contribution >= 0.6 is 0 Å². The molecule has 0 saturated heterocycles. The molecule has 0 bridgehead atoms. The van der Waals surface area contributed by atoms with E-state index in [2.05, 4.69) is 47.6 Å². The maximum absolute atomic E-state index is 12.9. The van der Waals surface area contributed by atoms with Gasteiger partial charge in [0.1, 0.15) is 5.78 Å². The van der Waals surface area contributed by atoms with E-state index in [0.29, 0.717) is 36.9 Å². The zero-order valence-corrected chi connectivity index (χ0v) is 22.5. The topological polar surface area (TPSA) is 74.6 Å². The molecular weight excluding hydrogens is 424 g/mol. The van der Waals surface area contributed by atoms with Crippen LogP contribution in [0.1, 0.15) is 106 Å². The summed E-state index contributed by atoms with van der Waals surface area (Å²) in [7, 11) is 0. The molecule has 4 saturated carbocycles. The number of ketones is 1. The van der Waals surface area contributed by atoms with Gasteiger partial charge in [-0.15, -0.1) is 0 Å². The fourth-order valence-corrected chi connectivity index (χ4v) is 10.5. The third-order valence-electron chi connectivity index (χ3n) is 13.2. The largest absolute Gasteiger partial charge is 0.481 e. The average molecular weight is 471 g/mol.